The van der Waals surface area contributed by atoms with Crippen molar-refractivity contribution in [1.29, 1.82) is 0 Å². The van der Waals surface area contributed by atoms with E-state index in [1.165, 1.54) is 0 Å². The fraction of sp³-hybridized carbons (Fsp3) is 0.909. The lowest BCUT2D eigenvalue weighted by atomic mass is 10.3. The molecular formula is C11H24N2O3. The Morgan fingerprint density at radius 2 is 2.00 bits per heavy atom. The van der Waals surface area contributed by atoms with Crippen molar-refractivity contribution in [3.63, 3.8) is 0 Å². The minimum atomic E-state index is 0.104. The highest BCUT2D eigenvalue weighted by molar-refractivity contribution is 5.78. The van der Waals surface area contributed by atoms with E-state index in [-0.39, 0.29) is 11.9 Å². The molecule has 96 valence electrons. The first-order chi connectivity index (χ1) is 7.59. The first-order valence-corrected chi connectivity index (χ1v) is 5.62. The summed E-state index contributed by atoms with van der Waals surface area (Å²) in [6.45, 7) is 6.83. The first kappa shape index (κ1) is 15.3. The Morgan fingerprint density at radius 3 is 2.56 bits per heavy atom. The second kappa shape index (κ2) is 9.57. The number of methoxy groups -OCH3 is 1. The second-order valence-corrected chi connectivity index (χ2v) is 3.88. The van der Waals surface area contributed by atoms with Gasteiger partial charge in [-0.15, -0.1) is 0 Å². The predicted octanol–water partition coefficient (Wildman–Crippen LogP) is 0.106. The largest absolute Gasteiger partial charge is 0.382 e. The van der Waals surface area contributed by atoms with Crippen LogP contribution in [0.4, 0.5) is 0 Å². The summed E-state index contributed by atoms with van der Waals surface area (Å²) in [5.41, 5.74) is 0. The van der Waals surface area contributed by atoms with E-state index in [1.807, 2.05) is 20.9 Å². The number of carbonyl (C=O) groups excluding carboxylic acids is 1. The average molecular weight is 232 g/mol. The Morgan fingerprint density at radius 1 is 1.31 bits per heavy atom. The molecule has 0 aliphatic rings. The quantitative estimate of drug-likeness (QED) is 0.573. The summed E-state index contributed by atoms with van der Waals surface area (Å²) in [6, 6.07) is 0.243. The van der Waals surface area contributed by atoms with Gasteiger partial charge in [0.25, 0.3) is 0 Å². The number of hydrogen-bond acceptors (Lipinski definition) is 4. The fourth-order valence-electron chi connectivity index (χ4n) is 0.997. The third kappa shape index (κ3) is 7.62. The van der Waals surface area contributed by atoms with Crippen molar-refractivity contribution in [2.75, 3.05) is 47.1 Å². The summed E-state index contributed by atoms with van der Waals surface area (Å²) in [5, 5.41) is 3.04. The number of hydrogen-bond donors (Lipinski definition) is 1. The molecule has 0 aliphatic carbocycles. The van der Waals surface area contributed by atoms with Crippen LogP contribution in [-0.4, -0.2) is 63.9 Å². The van der Waals surface area contributed by atoms with Gasteiger partial charge < -0.3 is 19.7 Å². The van der Waals surface area contributed by atoms with Gasteiger partial charge in [0.15, 0.2) is 0 Å². The molecule has 0 unspecified atom stereocenters. The monoisotopic (exact) mass is 232 g/mol. The summed E-state index contributed by atoms with van der Waals surface area (Å²) in [4.78, 5) is 13.2. The molecule has 0 aromatic heterocycles. The van der Waals surface area contributed by atoms with Crippen molar-refractivity contribution in [3.8, 4) is 0 Å². The van der Waals surface area contributed by atoms with Crippen molar-refractivity contribution in [1.82, 2.24) is 10.2 Å². The standard InChI is InChI=1S/C11H24N2O3/c1-10(2)13(3)11(14)9-12-5-6-16-8-7-15-4/h10,12H,5-9H2,1-4H3. The van der Waals surface area contributed by atoms with E-state index in [4.69, 9.17) is 9.47 Å². The van der Waals surface area contributed by atoms with Gasteiger partial charge in [0, 0.05) is 26.7 Å². The minimum Gasteiger partial charge on any atom is -0.382 e. The molecule has 0 spiro atoms. The molecule has 0 aromatic carbocycles. The van der Waals surface area contributed by atoms with Gasteiger partial charge in [0.05, 0.1) is 26.4 Å². The van der Waals surface area contributed by atoms with Gasteiger partial charge >= 0.3 is 0 Å². The molecule has 1 N–H and O–H groups in total. The number of carbonyl (C=O) groups is 1. The molecule has 0 aliphatic heterocycles. The van der Waals surface area contributed by atoms with E-state index in [0.717, 1.165) is 0 Å². The number of likely N-dealkylation sites (N-methyl/N-ethyl adjacent to an activating group) is 1. The van der Waals surface area contributed by atoms with E-state index in [9.17, 15) is 4.79 Å². The van der Waals surface area contributed by atoms with Crippen LogP contribution in [-0.2, 0) is 14.3 Å². The molecular weight excluding hydrogens is 208 g/mol. The molecule has 0 heterocycles. The van der Waals surface area contributed by atoms with Crippen molar-refractivity contribution in [3.05, 3.63) is 0 Å². The second-order valence-electron chi connectivity index (χ2n) is 3.88. The molecule has 0 atom stereocenters. The summed E-state index contributed by atoms with van der Waals surface area (Å²) in [7, 11) is 3.45. The van der Waals surface area contributed by atoms with Crippen LogP contribution in [0.5, 0.6) is 0 Å². The Bertz CT molecular complexity index is 186. The molecule has 0 aromatic rings. The maximum atomic E-state index is 11.5. The van der Waals surface area contributed by atoms with Gasteiger partial charge in [-0.05, 0) is 13.8 Å². The zero-order valence-electron chi connectivity index (χ0n) is 10.8. The summed E-state index contributed by atoms with van der Waals surface area (Å²) < 4.78 is 10.1. The van der Waals surface area contributed by atoms with Crippen LogP contribution >= 0.6 is 0 Å². The third-order valence-electron chi connectivity index (χ3n) is 2.30. The number of amides is 1. The highest BCUT2D eigenvalue weighted by atomic mass is 16.5. The van der Waals surface area contributed by atoms with Gasteiger partial charge in [0.2, 0.25) is 5.91 Å². The normalized spacial score (nSPS) is 10.8. The van der Waals surface area contributed by atoms with Crippen LogP contribution in [0.2, 0.25) is 0 Å². The highest BCUT2D eigenvalue weighted by Gasteiger charge is 2.10. The molecule has 5 heteroatoms. The predicted molar refractivity (Wildman–Crippen MR) is 63.5 cm³/mol. The Hall–Kier alpha value is -0.650. The van der Waals surface area contributed by atoms with E-state index in [0.29, 0.717) is 32.9 Å². The molecule has 1 amide bonds. The van der Waals surface area contributed by atoms with Crippen molar-refractivity contribution < 1.29 is 14.3 Å². The summed E-state index contributed by atoms with van der Waals surface area (Å²) >= 11 is 0. The van der Waals surface area contributed by atoms with Crippen molar-refractivity contribution in [2.45, 2.75) is 19.9 Å². The SMILES string of the molecule is COCCOCCNCC(=O)N(C)C(C)C. The number of nitrogens with one attached hydrogen (secondary N) is 1. The number of ether oxygens (including phenoxy) is 2. The van der Waals surface area contributed by atoms with Gasteiger partial charge in [-0.25, -0.2) is 0 Å². The minimum absolute atomic E-state index is 0.104. The molecule has 0 saturated heterocycles. The molecule has 0 saturated carbocycles. The van der Waals surface area contributed by atoms with Crippen LogP contribution in [0.3, 0.4) is 0 Å². The molecule has 0 radical (unpaired) electrons. The Labute approximate surface area is 98.1 Å². The smallest absolute Gasteiger partial charge is 0.236 e. The topological polar surface area (TPSA) is 50.8 Å². The molecule has 5 nitrogen and oxygen atoms in total. The molecule has 0 rings (SSSR count). The van der Waals surface area contributed by atoms with Crippen molar-refractivity contribution >= 4 is 5.91 Å². The zero-order chi connectivity index (χ0) is 12.4. The zero-order valence-corrected chi connectivity index (χ0v) is 10.8. The molecule has 0 fully saturated rings. The van der Waals surface area contributed by atoms with Gasteiger partial charge in [-0.1, -0.05) is 0 Å². The van der Waals surface area contributed by atoms with E-state index < -0.39 is 0 Å². The lowest BCUT2D eigenvalue weighted by Gasteiger charge is -2.21. The van der Waals surface area contributed by atoms with Crippen LogP contribution in [0.25, 0.3) is 0 Å². The lowest BCUT2D eigenvalue weighted by molar-refractivity contribution is -0.130. The Balaban J connectivity index is 3.34. The van der Waals surface area contributed by atoms with Crippen LogP contribution in [0.1, 0.15) is 13.8 Å². The van der Waals surface area contributed by atoms with Crippen LogP contribution < -0.4 is 5.32 Å². The van der Waals surface area contributed by atoms with Gasteiger partial charge in [-0.2, -0.15) is 0 Å². The summed E-state index contributed by atoms with van der Waals surface area (Å²) in [6.07, 6.45) is 0. The lowest BCUT2D eigenvalue weighted by Crippen LogP contribution is -2.40. The highest BCUT2D eigenvalue weighted by Crippen LogP contribution is 1.92. The number of rotatable bonds is 9. The molecule has 0 bridgehead atoms. The maximum absolute atomic E-state index is 11.5. The summed E-state index contributed by atoms with van der Waals surface area (Å²) in [5.74, 6) is 0.104. The first-order valence-electron chi connectivity index (χ1n) is 5.62. The van der Waals surface area contributed by atoms with Crippen molar-refractivity contribution in [2.24, 2.45) is 0 Å². The third-order valence-corrected chi connectivity index (χ3v) is 2.30. The average Bonchev–Trinajstić information content (AvgIpc) is 2.26. The number of nitrogens with zero attached hydrogens (tertiary/aromatic N) is 1. The van der Waals surface area contributed by atoms with E-state index in [2.05, 4.69) is 5.32 Å². The van der Waals surface area contributed by atoms with Crippen LogP contribution in [0, 0.1) is 0 Å². The van der Waals surface area contributed by atoms with Crippen LogP contribution in [0.15, 0.2) is 0 Å². The van der Waals surface area contributed by atoms with Gasteiger partial charge in [-0.3, -0.25) is 4.79 Å². The molecule has 16 heavy (non-hydrogen) atoms. The maximum Gasteiger partial charge on any atom is 0.236 e. The van der Waals surface area contributed by atoms with E-state index in [1.54, 1.807) is 12.0 Å². The Kier molecular flexibility index (Phi) is 9.18. The van der Waals surface area contributed by atoms with Gasteiger partial charge in [0.1, 0.15) is 0 Å². The van der Waals surface area contributed by atoms with E-state index >= 15 is 0 Å². The fourth-order valence-corrected chi connectivity index (χ4v) is 0.997.